The molecule has 1 aliphatic rings. The Labute approximate surface area is 242 Å². The van der Waals surface area contributed by atoms with Crippen molar-refractivity contribution in [2.75, 3.05) is 6.54 Å². The van der Waals surface area contributed by atoms with E-state index in [2.05, 4.69) is 46.4 Å². The van der Waals surface area contributed by atoms with Gasteiger partial charge in [-0.15, -0.1) is 0 Å². The van der Waals surface area contributed by atoms with Gasteiger partial charge in [-0.1, -0.05) is 111 Å². The van der Waals surface area contributed by atoms with E-state index in [1.807, 2.05) is 0 Å². The molecule has 0 saturated carbocycles. The summed E-state index contributed by atoms with van der Waals surface area (Å²) in [7, 11) is 0. The van der Waals surface area contributed by atoms with Crippen LogP contribution in [-0.2, 0) is 14.3 Å². The van der Waals surface area contributed by atoms with Crippen LogP contribution in [0, 0.1) is 5.92 Å². The van der Waals surface area contributed by atoms with Crippen molar-refractivity contribution in [2.45, 2.75) is 194 Å². The standard InChI is InChI=1S/C34H65NO4/c1-7-10-11-12-13-14-15-18-21-24-27-35-33(5,8-2)28-30(29(4)34(35,6)9-3)39-32(38)26-23-20-17-16-19-22-25-31(36)37/h29-30H,7-28H2,1-6H3,(H,36,37). The summed E-state index contributed by atoms with van der Waals surface area (Å²) in [5.74, 6) is -0.448. The Morgan fingerprint density at radius 3 is 1.72 bits per heavy atom. The number of nitrogens with zero attached hydrogens (tertiary/aromatic N) is 1. The number of rotatable bonds is 23. The number of esters is 1. The average Bonchev–Trinajstić information content (AvgIpc) is 2.91. The molecule has 230 valence electrons. The molecular formula is C34H65NO4. The summed E-state index contributed by atoms with van der Waals surface area (Å²) in [6.45, 7) is 15.1. The summed E-state index contributed by atoms with van der Waals surface area (Å²) < 4.78 is 6.19. The van der Waals surface area contributed by atoms with Gasteiger partial charge in [0, 0.05) is 36.3 Å². The molecule has 4 unspecified atom stereocenters. The summed E-state index contributed by atoms with van der Waals surface area (Å²) >= 11 is 0. The van der Waals surface area contributed by atoms with Crippen LogP contribution in [-0.4, -0.2) is 45.7 Å². The Balaban J connectivity index is 2.49. The van der Waals surface area contributed by atoms with Crippen LogP contribution < -0.4 is 0 Å². The predicted octanol–water partition coefficient (Wildman–Crippen LogP) is 9.70. The Bertz CT molecular complexity index is 668. The molecule has 1 fully saturated rings. The number of carbonyl (C=O) groups is 2. The van der Waals surface area contributed by atoms with Crippen LogP contribution in [0.4, 0.5) is 0 Å². The monoisotopic (exact) mass is 551 g/mol. The van der Waals surface area contributed by atoms with Crippen molar-refractivity contribution >= 4 is 11.9 Å². The molecule has 0 aromatic rings. The number of carboxylic acid groups (broad SMARTS) is 1. The fraction of sp³-hybridized carbons (Fsp3) is 0.941. The number of hydrogen-bond acceptors (Lipinski definition) is 4. The Kier molecular flexibility index (Phi) is 18.3. The third-order valence-electron chi connectivity index (χ3n) is 9.96. The minimum atomic E-state index is -0.713. The van der Waals surface area contributed by atoms with E-state index in [4.69, 9.17) is 9.84 Å². The molecule has 0 bridgehead atoms. The van der Waals surface area contributed by atoms with Gasteiger partial charge in [0.1, 0.15) is 6.10 Å². The zero-order valence-corrected chi connectivity index (χ0v) is 26.8. The third-order valence-corrected chi connectivity index (χ3v) is 9.96. The number of piperidine rings is 1. The fourth-order valence-corrected chi connectivity index (χ4v) is 6.74. The number of hydrogen-bond donors (Lipinski definition) is 1. The summed E-state index contributed by atoms with van der Waals surface area (Å²) in [5.41, 5.74) is 0.0840. The van der Waals surface area contributed by atoms with Crippen LogP contribution in [0.1, 0.15) is 176 Å². The number of carbonyl (C=O) groups excluding carboxylic acids is 1. The Morgan fingerprint density at radius 1 is 0.744 bits per heavy atom. The van der Waals surface area contributed by atoms with Gasteiger partial charge in [0.05, 0.1) is 0 Å². The van der Waals surface area contributed by atoms with Crippen molar-refractivity contribution in [1.29, 1.82) is 0 Å². The van der Waals surface area contributed by atoms with E-state index in [1.54, 1.807) is 0 Å². The first-order valence-corrected chi connectivity index (χ1v) is 16.8. The zero-order valence-electron chi connectivity index (χ0n) is 26.8. The molecule has 0 spiro atoms. The maximum atomic E-state index is 12.8. The molecule has 0 aliphatic carbocycles. The fourth-order valence-electron chi connectivity index (χ4n) is 6.74. The van der Waals surface area contributed by atoms with Crippen molar-refractivity contribution < 1.29 is 19.4 Å². The smallest absolute Gasteiger partial charge is 0.306 e. The first-order chi connectivity index (χ1) is 18.6. The van der Waals surface area contributed by atoms with Gasteiger partial charge in [0.25, 0.3) is 0 Å². The van der Waals surface area contributed by atoms with Gasteiger partial charge in [0.15, 0.2) is 0 Å². The van der Waals surface area contributed by atoms with Gasteiger partial charge in [-0.05, 0) is 52.5 Å². The predicted molar refractivity (Wildman–Crippen MR) is 164 cm³/mol. The Morgan fingerprint density at radius 2 is 1.23 bits per heavy atom. The van der Waals surface area contributed by atoms with Gasteiger partial charge in [0.2, 0.25) is 0 Å². The molecular weight excluding hydrogens is 486 g/mol. The molecule has 0 radical (unpaired) electrons. The molecule has 4 atom stereocenters. The highest BCUT2D eigenvalue weighted by atomic mass is 16.5. The number of ether oxygens (including phenoxy) is 1. The lowest BCUT2D eigenvalue weighted by molar-refractivity contribution is -0.177. The second-order valence-electron chi connectivity index (χ2n) is 12.9. The third kappa shape index (κ3) is 13.0. The van der Waals surface area contributed by atoms with Gasteiger partial charge in [-0.2, -0.15) is 0 Å². The van der Waals surface area contributed by atoms with Crippen molar-refractivity contribution in [1.82, 2.24) is 4.90 Å². The number of likely N-dealkylation sites (tertiary alicyclic amines) is 1. The maximum Gasteiger partial charge on any atom is 0.306 e. The lowest BCUT2D eigenvalue weighted by Gasteiger charge is -2.60. The maximum absolute atomic E-state index is 12.8. The van der Waals surface area contributed by atoms with Crippen LogP contribution in [0.2, 0.25) is 0 Å². The van der Waals surface area contributed by atoms with E-state index >= 15 is 0 Å². The van der Waals surface area contributed by atoms with Crippen LogP contribution in [0.3, 0.4) is 0 Å². The highest BCUT2D eigenvalue weighted by molar-refractivity contribution is 5.69. The zero-order chi connectivity index (χ0) is 29.2. The molecule has 0 amide bonds. The number of carboxylic acids is 1. The molecule has 5 heteroatoms. The van der Waals surface area contributed by atoms with Crippen molar-refractivity contribution in [3.8, 4) is 0 Å². The molecule has 39 heavy (non-hydrogen) atoms. The van der Waals surface area contributed by atoms with Crippen molar-refractivity contribution in [3.05, 3.63) is 0 Å². The highest BCUT2D eigenvalue weighted by Gasteiger charge is 2.53. The Hall–Kier alpha value is -1.10. The second-order valence-corrected chi connectivity index (χ2v) is 12.9. The van der Waals surface area contributed by atoms with Crippen LogP contribution in [0.25, 0.3) is 0 Å². The molecule has 1 rings (SSSR count). The summed E-state index contributed by atoms with van der Waals surface area (Å²) in [4.78, 5) is 26.2. The molecule has 1 N–H and O–H groups in total. The lowest BCUT2D eigenvalue weighted by Crippen LogP contribution is -2.68. The summed E-state index contributed by atoms with van der Waals surface area (Å²) in [5, 5.41) is 8.73. The molecule has 0 aromatic carbocycles. The van der Waals surface area contributed by atoms with E-state index in [0.717, 1.165) is 64.3 Å². The van der Waals surface area contributed by atoms with Crippen molar-refractivity contribution in [2.24, 2.45) is 5.92 Å². The molecule has 1 saturated heterocycles. The minimum absolute atomic E-state index is 0.0209. The van der Waals surface area contributed by atoms with Crippen LogP contribution in [0.5, 0.6) is 0 Å². The number of unbranched alkanes of at least 4 members (excludes halogenated alkanes) is 14. The van der Waals surface area contributed by atoms with Gasteiger partial charge in [-0.25, -0.2) is 0 Å². The van der Waals surface area contributed by atoms with Gasteiger partial charge < -0.3 is 9.84 Å². The van der Waals surface area contributed by atoms with Gasteiger partial charge >= 0.3 is 11.9 Å². The lowest BCUT2D eigenvalue weighted by atomic mass is 9.67. The molecule has 1 aliphatic heterocycles. The van der Waals surface area contributed by atoms with Crippen molar-refractivity contribution in [3.63, 3.8) is 0 Å². The summed E-state index contributed by atoms with van der Waals surface area (Å²) in [6.07, 6.45) is 23.1. The minimum Gasteiger partial charge on any atom is -0.481 e. The quantitative estimate of drug-likeness (QED) is 0.101. The first kappa shape index (κ1) is 35.9. The molecule has 0 aromatic heterocycles. The highest BCUT2D eigenvalue weighted by Crippen LogP contribution is 2.46. The molecule has 5 nitrogen and oxygen atoms in total. The van der Waals surface area contributed by atoms with Crippen LogP contribution in [0.15, 0.2) is 0 Å². The topological polar surface area (TPSA) is 66.8 Å². The second kappa shape index (κ2) is 19.9. The van der Waals surface area contributed by atoms with Gasteiger partial charge in [-0.3, -0.25) is 14.5 Å². The first-order valence-electron chi connectivity index (χ1n) is 16.8. The van der Waals surface area contributed by atoms with E-state index in [0.29, 0.717) is 12.3 Å². The molecule has 1 heterocycles. The van der Waals surface area contributed by atoms with E-state index in [9.17, 15) is 9.59 Å². The van der Waals surface area contributed by atoms with E-state index in [-0.39, 0.29) is 29.6 Å². The van der Waals surface area contributed by atoms with E-state index < -0.39 is 5.97 Å². The largest absolute Gasteiger partial charge is 0.481 e. The average molecular weight is 552 g/mol. The van der Waals surface area contributed by atoms with Crippen LogP contribution >= 0.6 is 0 Å². The summed E-state index contributed by atoms with van der Waals surface area (Å²) in [6, 6.07) is 0. The SMILES string of the molecule is CCCCCCCCCCCCN1C(C)(CC)CC(OC(=O)CCCCCCCCC(=O)O)C(C)C1(C)CC. The van der Waals surface area contributed by atoms with E-state index in [1.165, 1.54) is 64.2 Å². The number of aliphatic carboxylic acids is 1. The normalized spacial score (nSPS) is 25.6.